The first kappa shape index (κ1) is 15.3. The Hall–Kier alpha value is -0.0800. The molecule has 2 rings (SSSR count). The van der Waals surface area contributed by atoms with Gasteiger partial charge in [-0.05, 0) is 55.8 Å². The molecule has 0 aromatic carbocycles. The van der Waals surface area contributed by atoms with Gasteiger partial charge in [-0.15, -0.1) is 0 Å². The van der Waals surface area contributed by atoms with Gasteiger partial charge in [0.15, 0.2) is 0 Å². The standard InChI is InChI=1S/C17H33NO/c1-16(2,3)14-8-6-13(7-9-14)15(19)17(12-18)10-4-5-11-17/h13-15,19H,4-12,18H2,1-3H3. The molecule has 112 valence electrons. The highest BCUT2D eigenvalue weighted by molar-refractivity contribution is 4.96. The molecule has 0 saturated heterocycles. The minimum Gasteiger partial charge on any atom is -0.392 e. The van der Waals surface area contributed by atoms with E-state index in [-0.39, 0.29) is 11.5 Å². The van der Waals surface area contributed by atoms with Crippen LogP contribution in [0.3, 0.4) is 0 Å². The van der Waals surface area contributed by atoms with Crippen LogP contribution in [0.2, 0.25) is 0 Å². The maximum absolute atomic E-state index is 10.8. The Balaban J connectivity index is 1.94. The van der Waals surface area contributed by atoms with Gasteiger partial charge in [-0.25, -0.2) is 0 Å². The summed E-state index contributed by atoms with van der Waals surface area (Å²) in [5.74, 6) is 1.33. The van der Waals surface area contributed by atoms with E-state index >= 15 is 0 Å². The summed E-state index contributed by atoms with van der Waals surface area (Å²) in [4.78, 5) is 0. The smallest absolute Gasteiger partial charge is 0.0636 e. The number of nitrogens with two attached hydrogens (primary N) is 1. The molecule has 1 unspecified atom stereocenters. The normalized spacial score (nSPS) is 33.3. The SMILES string of the molecule is CC(C)(C)C1CCC(C(O)C2(CN)CCCC2)CC1. The van der Waals surface area contributed by atoms with Crippen molar-refractivity contribution >= 4 is 0 Å². The van der Waals surface area contributed by atoms with Gasteiger partial charge in [0.05, 0.1) is 6.10 Å². The van der Waals surface area contributed by atoms with Gasteiger partial charge in [0.2, 0.25) is 0 Å². The number of aliphatic hydroxyl groups excluding tert-OH is 1. The zero-order valence-electron chi connectivity index (χ0n) is 13.1. The predicted octanol–water partition coefficient (Wildman–Crippen LogP) is 3.72. The van der Waals surface area contributed by atoms with Crippen molar-refractivity contribution in [3.05, 3.63) is 0 Å². The molecule has 2 fully saturated rings. The van der Waals surface area contributed by atoms with Gasteiger partial charge in [0.25, 0.3) is 0 Å². The van der Waals surface area contributed by atoms with E-state index in [1.54, 1.807) is 0 Å². The first-order chi connectivity index (χ1) is 8.89. The van der Waals surface area contributed by atoms with Crippen molar-refractivity contribution in [1.82, 2.24) is 0 Å². The first-order valence-electron chi connectivity index (χ1n) is 8.27. The van der Waals surface area contributed by atoms with Gasteiger partial charge in [-0.2, -0.15) is 0 Å². The van der Waals surface area contributed by atoms with E-state index in [1.807, 2.05) is 0 Å². The molecular weight excluding hydrogens is 234 g/mol. The molecule has 0 heterocycles. The van der Waals surface area contributed by atoms with Crippen LogP contribution in [-0.4, -0.2) is 17.8 Å². The summed E-state index contributed by atoms with van der Waals surface area (Å²) >= 11 is 0. The molecule has 0 aromatic rings. The Labute approximate surface area is 119 Å². The lowest BCUT2D eigenvalue weighted by Crippen LogP contribution is -2.45. The lowest BCUT2D eigenvalue weighted by molar-refractivity contribution is -0.0339. The first-order valence-corrected chi connectivity index (χ1v) is 8.27. The highest BCUT2D eigenvalue weighted by Gasteiger charge is 2.44. The molecule has 19 heavy (non-hydrogen) atoms. The lowest BCUT2D eigenvalue weighted by atomic mass is 9.65. The zero-order chi connectivity index (χ0) is 14.1. The second kappa shape index (κ2) is 5.73. The minimum absolute atomic E-state index is 0.0548. The highest BCUT2D eigenvalue weighted by atomic mass is 16.3. The summed E-state index contributed by atoms with van der Waals surface area (Å²) in [5, 5.41) is 10.8. The number of hydrogen-bond acceptors (Lipinski definition) is 2. The summed E-state index contributed by atoms with van der Waals surface area (Å²) in [6.45, 7) is 7.74. The van der Waals surface area contributed by atoms with E-state index in [1.165, 1.54) is 38.5 Å². The van der Waals surface area contributed by atoms with Crippen LogP contribution in [0.15, 0.2) is 0 Å². The number of aliphatic hydroxyl groups is 1. The van der Waals surface area contributed by atoms with Crippen LogP contribution in [0.5, 0.6) is 0 Å². The van der Waals surface area contributed by atoms with Crippen molar-refractivity contribution in [3.8, 4) is 0 Å². The third kappa shape index (κ3) is 3.16. The quantitative estimate of drug-likeness (QED) is 0.818. The molecule has 2 aliphatic carbocycles. The maximum atomic E-state index is 10.8. The fourth-order valence-corrected chi connectivity index (χ4v) is 4.50. The molecule has 3 N–H and O–H groups in total. The van der Waals surface area contributed by atoms with Crippen molar-refractivity contribution in [1.29, 1.82) is 0 Å². The molecule has 0 spiro atoms. The van der Waals surface area contributed by atoms with Gasteiger partial charge >= 0.3 is 0 Å². The monoisotopic (exact) mass is 267 g/mol. The van der Waals surface area contributed by atoms with E-state index in [0.29, 0.717) is 17.9 Å². The van der Waals surface area contributed by atoms with Crippen molar-refractivity contribution in [3.63, 3.8) is 0 Å². The van der Waals surface area contributed by atoms with Gasteiger partial charge in [0.1, 0.15) is 0 Å². The third-order valence-corrected chi connectivity index (χ3v) is 6.08. The highest BCUT2D eigenvalue weighted by Crippen LogP contribution is 2.47. The summed E-state index contributed by atoms with van der Waals surface area (Å²) in [6.07, 6.45) is 9.61. The van der Waals surface area contributed by atoms with Gasteiger partial charge in [-0.1, -0.05) is 33.6 Å². The van der Waals surface area contributed by atoms with Crippen molar-refractivity contribution in [2.45, 2.75) is 78.2 Å². The van der Waals surface area contributed by atoms with Crippen LogP contribution in [-0.2, 0) is 0 Å². The van der Waals surface area contributed by atoms with Crippen LogP contribution >= 0.6 is 0 Å². The van der Waals surface area contributed by atoms with E-state index in [2.05, 4.69) is 20.8 Å². The molecule has 0 aromatic heterocycles. The summed E-state index contributed by atoms with van der Waals surface area (Å²) in [6, 6.07) is 0. The fourth-order valence-electron chi connectivity index (χ4n) is 4.50. The Morgan fingerprint density at radius 1 is 1.11 bits per heavy atom. The predicted molar refractivity (Wildman–Crippen MR) is 80.9 cm³/mol. The molecule has 1 atom stereocenters. The number of rotatable bonds is 3. The van der Waals surface area contributed by atoms with Gasteiger partial charge < -0.3 is 10.8 Å². The Morgan fingerprint density at radius 2 is 1.63 bits per heavy atom. The van der Waals surface area contributed by atoms with Crippen LogP contribution in [0.25, 0.3) is 0 Å². The summed E-state index contributed by atoms with van der Waals surface area (Å²) < 4.78 is 0. The van der Waals surface area contributed by atoms with E-state index in [0.717, 1.165) is 18.8 Å². The van der Waals surface area contributed by atoms with Crippen LogP contribution in [0.4, 0.5) is 0 Å². The molecule has 2 heteroatoms. The molecule has 0 aliphatic heterocycles. The average molecular weight is 267 g/mol. The average Bonchev–Trinajstić information content (AvgIpc) is 2.87. The van der Waals surface area contributed by atoms with E-state index < -0.39 is 0 Å². The molecule has 0 radical (unpaired) electrons. The van der Waals surface area contributed by atoms with E-state index in [4.69, 9.17) is 5.73 Å². The molecule has 2 aliphatic rings. The van der Waals surface area contributed by atoms with Crippen LogP contribution < -0.4 is 5.73 Å². The van der Waals surface area contributed by atoms with Crippen molar-refractivity contribution in [2.24, 2.45) is 28.4 Å². The maximum Gasteiger partial charge on any atom is 0.0636 e. The topological polar surface area (TPSA) is 46.2 Å². The van der Waals surface area contributed by atoms with Crippen molar-refractivity contribution in [2.75, 3.05) is 6.54 Å². The fraction of sp³-hybridized carbons (Fsp3) is 1.00. The summed E-state index contributed by atoms with van der Waals surface area (Å²) in [5.41, 5.74) is 6.49. The van der Waals surface area contributed by atoms with Crippen LogP contribution in [0, 0.1) is 22.7 Å². The molecule has 2 nitrogen and oxygen atoms in total. The lowest BCUT2D eigenvalue weighted by Gasteiger charge is -2.43. The number of hydrogen-bond donors (Lipinski definition) is 2. The van der Waals surface area contributed by atoms with E-state index in [9.17, 15) is 5.11 Å². The second-order valence-corrected chi connectivity index (χ2v) is 8.20. The summed E-state index contributed by atoms with van der Waals surface area (Å²) in [7, 11) is 0. The molecule has 0 bridgehead atoms. The van der Waals surface area contributed by atoms with Crippen molar-refractivity contribution < 1.29 is 5.11 Å². The molecule has 2 saturated carbocycles. The Kier molecular flexibility index (Phi) is 4.62. The Morgan fingerprint density at radius 3 is 2.05 bits per heavy atom. The van der Waals surface area contributed by atoms with Gasteiger partial charge in [-0.3, -0.25) is 0 Å². The Bertz CT molecular complexity index is 280. The molecule has 0 amide bonds. The largest absolute Gasteiger partial charge is 0.392 e. The molecular formula is C17H33NO. The minimum atomic E-state index is -0.152. The van der Waals surface area contributed by atoms with Gasteiger partial charge in [0, 0.05) is 12.0 Å². The zero-order valence-corrected chi connectivity index (χ0v) is 13.1. The van der Waals surface area contributed by atoms with Crippen LogP contribution in [0.1, 0.15) is 72.1 Å². The third-order valence-electron chi connectivity index (χ3n) is 6.08. The second-order valence-electron chi connectivity index (χ2n) is 8.20.